The lowest BCUT2D eigenvalue weighted by Crippen LogP contribution is -2.38. The van der Waals surface area contributed by atoms with Crippen LogP contribution in [0.5, 0.6) is 5.75 Å². The third-order valence-electron chi connectivity index (χ3n) is 3.13. The van der Waals surface area contributed by atoms with Gasteiger partial charge in [-0.05, 0) is 24.6 Å². The van der Waals surface area contributed by atoms with Crippen LogP contribution < -0.4 is 10.1 Å². The molecule has 0 radical (unpaired) electrons. The normalized spacial score (nSPS) is 19.6. The Balaban J connectivity index is 1.93. The molecule has 22 heavy (non-hydrogen) atoms. The van der Waals surface area contributed by atoms with Crippen molar-refractivity contribution in [2.75, 3.05) is 18.1 Å². The number of carbonyl (C=O) groups is 2. The molecule has 0 saturated carbocycles. The molecule has 120 valence electrons. The first-order valence-electron chi connectivity index (χ1n) is 6.42. The van der Waals surface area contributed by atoms with Crippen LogP contribution in [0.2, 0.25) is 5.02 Å². The summed E-state index contributed by atoms with van der Waals surface area (Å²) in [7, 11) is -3.08. The Labute approximate surface area is 132 Å². The first-order valence-corrected chi connectivity index (χ1v) is 8.62. The number of aromatic carboxylic acids is 1. The lowest BCUT2D eigenvalue weighted by atomic mass is 10.2. The quantitative estimate of drug-likeness (QED) is 0.812. The van der Waals surface area contributed by atoms with Crippen LogP contribution >= 0.6 is 11.6 Å². The summed E-state index contributed by atoms with van der Waals surface area (Å²) >= 11 is 5.71. The number of benzene rings is 1. The molecule has 1 aromatic carbocycles. The Kier molecular flexibility index (Phi) is 4.92. The molecule has 0 aliphatic carbocycles. The molecule has 1 saturated heterocycles. The molecule has 1 aliphatic heterocycles. The van der Waals surface area contributed by atoms with Crippen molar-refractivity contribution < 1.29 is 27.9 Å². The lowest BCUT2D eigenvalue weighted by molar-refractivity contribution is -0.123. The zero-order valence-corrected chi connectivity index (χ0v) is 13.0. The molecule has 1 heterocycles. The van der Waals surface area contributed by atoms with Gasteiger partial charge in [0.25, 0.3) is 5.91 Å². The van der Waals surface area contributed by atoms with Crippen molar-refractivity contribution in [1.82, 2.24) is 5.32 Å². The number of rotatable bonds is 5. The predicted octanol–water partition coefficient (Wildman–Crippen LogP) is 0.720. The van der Waals surface area contributed by atoms with Crippen LogP contribution in [0.25, 0.3) is 0 Å². The Morgan fingerprint density at radius 3 is 2.73 bits per heavy atom. The number of sulfone groups is 1. The molecule has 1 aromatic rings. The van der Waals surface area contributed by atoms with Gasteiger partial charge in [0, 0.05) is 11.1 Å². The molecule has 1 fully saturated rings. The van der Waals surface area contributed by atoms with Gasteiger partial charge in [-0.3, -0.25) is 4.79 Å². The number of carboxylic acids is 1. The fraction of sp³-hybridized carbons (Fsp3) is 0.385. The standard InChI is InChI=1S/C13H14ClNO6S/c14-8-1-2-11(10(5-8)13(17)18)21-6-12(16)15-9-3-4-22(19,20)7-9/h1-2,5,9H,3-4,6-7H2,(H,15,16)(H,17,18)/t9-/m0/s1. The van der Waals surface area contributed by atoms with E-state index in [0.717, 1.165) is 0 Å². The van der Waals surface area contributed by atoms with E-state index in [1.807, 2.05) is 0 Å². The minimum Gasteiger partial charge on any atom is -0.483 e. The van der Waals surface area contributed by atoms with Gasteiger partial charge in [-0.25, -0.2) is 13.2 Å². The van der Waals surface area contributed by atoms with E-state index in [1.54, 1.807) is 0 Å². The maximum Gasteiger partial charge on any atom is 0.339 e. The average Bonchev–Trinajstić information content (AvgIpc) is 2.76. The Morgan fingerprint density at radius 1 is 1.41 bits per heavy atom. The summed E-state index contributed by atoms with van der Waals surface area (Å²) in [5, 5.41) is 11.8. The van der Waals surface area contributed by atoms with Gasteiger partial charge in [-0.2, -0.15) is 0 Å². The van der Waals surface area contributed by atoms with E-state index in [1.165, 1.54) is 18.2 Å². The highest BCUT2D eigenvalue weighted by molar-refractivity contribution is 7.91. The number of ether oxygens (including phenoxy) is 1. The van der Waals surface area contributed by atoms with Crippen LogP contribution in [-0.2, 0) is 14.6 Å². The highest BCUT2D eigenvalue weighted by atomic mass is 35.5. The van der Waals surface area contributed by atoms with E-state index in [2.05, 4.69) is 5.32 Å². The van der Waals surface area contributed by atoms with Crippen molar-refractivity contribution in [2.24, 2.45) is 0 Å². The average molecular weight is 348 g/mol. The molecule has 0 spiro atoms. The Morgan fingerprint density at radius 2 is 2.14 bits per heavy atom. The van der Waals surface area contributed by atoms with E-state index in [0.29, 0.717) is 6.42 Å². The summed E-state index contributed by atoms with van der Waals surface area (Å²) < 4.78 is 27.8. The van der Waals surface area contributed by atoms with Gasteiger partial charge in [0.05, 0.1) is 11.5 Å². The maximum absolute atomic E-state index is 11.7. The predicted molar refractivity (Wildman–Crippen MR) is 79.1 cm³/mol. The largest absolute Gasteiger partial charge is 0.483 e. The molecule has 9 heteroatoms. The van der Waals surface area contributed by atoms with E-state index >= 15 is 0 Å². The second kappa shape index (κ2) is 6.53. The number of carboxylic acid groups (broad SMARTS) is 1. The van der Waals surface area contributed by atoms with Crippen molar-refractivity contribution in [2.45, 2.75) is 12.5 Å². The third kappa shape index (κ3) is 4.35. The van der Waals surface area contributed by atoms with Crippen molar-refractivity contribution in [3.05, 3.63) is 28.8 Å². The van der Waals surface area contributed by atoms with Crippen molar-refractivity contribution in [1.29, 1.82) is 0 Å². The SMILES string of the molecule is O=C(COc1ccc(Cl)cc1C(=O)O)N[C@H]1CCS(=O)(=O)C1. The van der Waals surface area contributed by atoms with E-state index < -0.39 is 34.4 Å². The van der Waals surface area contributed by atoms with Crippen molar-refractivity contribution in [3.63, 3.8) is 0 Å². The van der Waals surface area contributed by atoms with Crippen LogP contribution in [0.1, 0.15) is 16.8 Å². The molecule has 2 rings (SSSR count). The molecular formula is C13H14ClNO6S. The second-order valence-electron chi connectivity index (χ2n) is 4.90. The van der Waals surface area contributed by atoms with Gasteiger partial charge >= 0.3 is 5.97 Å². The number of nitrogens with one attached hydrogen (secondary N) is 1. The second-order valence-corrected chi connectivity index (χ2v) is 7.57. The van der Waals surface area contributed by atoms with Gasteiger partial charge in [-0.15, -0.1) is 0 Å². The van der Waals surface area contributed by atoms with Crippen LogP contribution in [-0.4, -0.2) is 49.6 Å². The monoisotopic (exact) mass is 347 g/mol. The van der Waals surface area contributed by atoms with Gasteiger partial charge in [0.1, 0.15) is 11.3 Å². The van der Waals surface area contributed by atoms with E-state index in [9.17, 15) is 18.0 Å². The summed E-state index contributed by atoms with van der Waals surface area (Å²) in [6.45, 7) is -0.404. The minimum atomic E-state index is -3.08. The number of hydrogen-bond donors (Lipinski definition) is 2. The summed E-state index contributed by atoms with van der Waals surface area (Å²) in [6, 6.07) is 3.61. The molecule has 1 amide bonds. The van der Waals surface area contributed by atoms with Crippen molar-refractivity contribution in [3.8, 4) is 5.75 Å². The van der Waals surface area contributed by atoms with Crippen LogP contribution in [0.15, 0.2) is 18.2 Å². The van der Waals surface area contributed by atoms with Gasteiger partial charge in [0.2, 0.25) is 0 Å². The minimum absolute atomic E-state index is 0.0195. The number of amides is 1. The Hall–Kier alpha value is -1.80. The molecule has 0 unspecified atom stereocenters. The maximum atomic E-state index is 11.7. The highest BCUT2D eigenvalue weighted by Crippen LogP contribution is 2.23. The highest BCUT2D eigenvalue weighted by Gasteiger charge is 2.29. The van der Waals surface area contributed by atoms with Gasteiger partial charge in [0.15, 0.2) is 16.4 Å². The molecule has 1 atom stereocenters. The lowest BCUT2D eigenvalue weighted by Gasteiger charge is -2.12. The first kappa shape index (κ1) is 16.6. The molecule has 2 N–H and O–H groups in total. The summed E-state index contributed by atoms with van der Waals surface area (Å²) in [6.07, 6.45) is 0.370. The summed E-state index contributed by atoms with van der Waals surface area (Å²) in [5.41, 5.74) is -0.149. The molecule has 7 nitrogen and oxygen atoms in total. The van der Waals surface area contributed by atoms with Gasteiger partial charge < -0.3 is 15.2 Å². The number of halogens is 1. The fourth-order valence-electron chi connectivity index (χ4n) is 2.12. The first-order chi connectivity index (χ1) is 10.3. The molecule has 1 aliphatic rings. The van der Waals surface area contributed by atoms with Crippen LogP contribution in [0.3, 0.4) is 0 Å². The fourth-order valence-corrected chi connectivity index (χ4v) is 3.96. The Bertz CT molecular complexity index is 702. The molecule has 0 bridgehead atoms. The van der Waals surface area contributed by atoms with Crippen LogP contribution in [0, 0.1) is 0 Å². The molecular weight excluding hydrogens is 334 g/mol. The van der Waals surface area contributed by atoms with E-state index in [-0.39, 0.29) is 27.8 Å². The smallest absolute Gasteiger partial charge is 0.339 e. The number of carbonyl (C=O) groups excluding carboxylic acids is 1. The summed E-state index contributed by atoms with van der Waals surface area (Å²) in [5.74, 6) is -1.74. The topological polar surface area (TPSA) is 110 Å². The third-order valence-corrected chi connectivity index (χ3v) is 5.13. The zero-order valence-electron chi connectivity index (χ0n) is 11.4. The number of hydrogen-bond acceptors (Lipinski definition) is 5. The molecule has 0 aromatic heterocycles. The summed E-state index contributed by atoms with van der Waals surface area (Å²) in [4.78, 5) is 22.8. The van der Waals surface area contributed by atoms with Crippen molar-refractivity contribution >= 4 is 33.3 Å². The van der Waals surface area contributed by atoms with Crippen LogP contribution in [0.4, 0.5) is 0 Å². The van der Waals surface area contributed by atoms with Gasteiger partial charge in [-0.1, -0.05) is 11.6 Å². The van der Waals surface area contributed by atoms with E-state index in [4.69, 9.17) is 21.4 Å². The zero-order chi connectivity index (χ0) is 16.3.